The van der Waals surface area contributed by atoms with E-state index in [-0.39, 0.29) is 24.0 Å². The normalized spacial score (nSPS) is 18.5. The summed E-state index contributed by atoms with van der Waals surface area (Å²) >= 11 is 0. The average Bonchev–Trinajstić information content (AvgIpc) is 2.84. The van der Waals surface area contributed by atoms with Crippen molar-refractivity contribution in [2.75, 3.05) is 38.2 Å². The van der Waals surface area contributed by atoms with Crippen LogP contribution in [-0.2, 0) is 20.7 Å². The standard InChI is InChI=1S/C26H32N4O4/c1-17(34-18(2)31)15-24-23-16-22(8-7-19(23)9-10-28-24)29-26(32)21-5-3-20(4-6-21)25(27)30-11-13-33-14-12-30/h3-8,16-17,24,27-28H,9-15H2,1-2H3,(H,29,32). The molecule has 1 saturated heterocycles. The fourth-order valence-corrected chi connectivity index (χ4v) is 4.54. The van der Waals surface area contributed by atoms with Crippen LogP contribution in [0.25, 0.3) is 0 Å². The fraction of sp³-hybridized carbons (Fsp3) is 0.423. The highest BCUT2D eigenvalue weighted by molar-refractivity contribution is 6.05. The monoisotopic (exact) mass is 464 g/mol. The molecule has 1 amide bonds. The van der Waals surface area contributed by atoms with Gasteiger partial charge in [0.1, 0.15) is 11.9 Å². The van der Waals surface area contributed by atoms with Gasteiger partial charge in [-0.25, -0.2) is 0 Å². The number of hydrogen-bond donors (Lipinski definition) is 3. The minimum atomic E-state index is -0.282. The Kier molecular flexibility index (Phi) is 7.59. The highest BCUT2D eigenvalue weighted by Crippen LogP contribution is 2.30. The lowest BCUT2D eigenvalue weighted by molar-refractivity contribution is -0.146. The summed E-state index contributed by atoms with van der Waals surface area (Å²) < 4.78 is 10.7. The van der Waals surface area contributed by atoms with E-state index in [1.165, 1.54) is 12.5 Å². The van der Waals surface area contributed by atoms with Crippen molar-refractivity contribution in [3.8, 4) is 0 Å². The summed E-state index contributed by atoms with van der Waals surface area (Å²) in [5.74, 6) is -0.0277. The molecule has 1 fully saturated rings. The largest absolute Gasteiger partial charge is 0.463 e. The van der Waals surface area contributed by atoms with Crippen molar-refractivity contribution < 1.29 is 19.1 Å². The molecule has 180 valence electrons. The number of rotatable bonds is 6. The summed E-state index contributed by atoms with van der Waals surface area (Å²) in [6, 6.07) is 13.2. The molecule has 2 unspecified atom stereocenters. The van der Waals surface area contributed by atoms with Gasteiger partial charge in [0.2, 0.25) is 0 Å². The second-order valence-electron chi connectivity index (χ2n) is 8.81. The van der Waals surface area contributed by atoms with E-state index in [1.54, 1.807) is 12.1 Å². The van der Waals surface area contributed by atoms with Gasteiger partial charge in [-0.15, -0.1) is 0 Å². The van der Waals surface area contributed by atoms with Crippen LogP contribution in [0.4, 0.5) is 5.69 Å². The molecule has 34 heavy (non-hydrogen) atoms. The number of anilines is 1. The van der Waals surface area contributed by atoms with Crippen LogP contribution in [0.1, 0.15) is 53.4 Å². The van der Waals surface area contributed by atoms with Crippen molar-refractivity contribution >= 4 is 23.4 Å². The minimum absolute atomic E-state index is 0.0560. The highest BCUT2D eigenvalue weighted by Gasteiger charge is 2.23. The summed E-state index contributed by atoms with van der Waals surface area (Å²) in [5.41, 5.74) is 4.40. The van der Waals surface area contributed by atoms with E-state index in [9.17, 15) is 9.59 Å². The zero-order chi connectivity index (χ0) is 24.1. The van der Waals surface area contributed by atoms with Gasteiger partial charge in [0.25, 0.3) is 5.91 Å². The Morgan fingerprint density at radius 1 is 1.18 bits per heavy atom. The van der Waals surface area contributed by atoms with Gasteiger partial charge in [-0.05, 0) is 55.3 Å². The first-order chi connectivity index (χ1) is 16.4. The number of morpholine rings is 1. The molecule has 8 heteroatoms. The maximum absolute atomic E-state index is 12.9. The smallest absolute Gasteiger partial charge is 0.302 e. The second kappa shape index (κ2) is 10.8. The van der Waals surface area contributed by atoms with Crippen LogP contribution in [0.15, 0.2) is 42.5 Å². The molecule has 4 rings (SSSR count). The number of hydrogen-bond acceptors (Lipinski definition) is 6. The Bertz CT molecular complexity index is 1050. The number of carbonyl (C=O) groups is 2. The van der Waals surface area contributed by atoms with Crippen LogP contribution in [-0.4, -0.2) is 61.6 Å². The topological polar surface area (TPSA) is 104 Å². The van der Waals surface area contributed by atoms with Crippen molar-refractivity contribution in [3.63, 3.8) is 0 Å². The minimum Gasteiger partial charge on any atom is -0.463 e. The Labute approximate surface area is 200 Å². The molecule has 0 spiro atoms. The first-order valence-corrected chi connectivity index (χ1v) is 11.8. The fourth-order valence-electron chi connectivity index (χ4n) is 4.54. The summed E-state index contributed by atoms with van der Waals surface area (Å²) in [5, 5.41) is 14.9. The predicted molar refractivity (Wildman–Crippen MR) is 130 cm³/mol. The number of carbonyl (C=O) groups excluding carboxylic acids is 2. The van der Waals surface area contributed by atoms with Crippen LogP contribution in [0.5, 0.6) is 0 Å². The van der Waals surface area contributed by atoms with Gasteiger partial charge in [-0.3, -0.25) is 15.0 Å². The Morgan fingerprint density at radius 3 is 2.59 bits per heavy atom. The van der Waals surface area contributed by atoms with Gasteiger partial charge in [0.05, 0.1) is 13.2 Å². The maximum atomic E-state index is 12.9. The number of benzene rings is 2. The van der Waals surface area contributed by atoms with Gasteiger partial charge in [0, 0.05) is 49.3 Å². The lowest BCUT2D eigenvalue weighted by atomic mass is 9.90. The number of ether oxygens (including phenoxy) is 2. The van der Waals surface area contributed by atoms with Crippen LogP contribution in [0.3, 0.4) is 0 Å². The van der Waals surface area contributed by atoms with E-state index >= 15 is 0 Å². The van der Waals surface area contributed by atoms with Crippen molar-refractivity contribution in [1.82, 2.24) is 10.2 Å². The molecule has 2 aliphatic rings. The number of nitrogens with zero attached hydrogens (tertiary/aromatic N) is 1. The lowest BCUT2D eigenvalue weighted by Crippen LogP contribution is -2.40. The number of esters is 1. The van der Waals surface area contributed by atoms with Gasteiger partial charge in [-0.1, -0.05) is 18.2 Å². The molecular weight excluding hydrogens is 432 g/mol. The average molecular weight is 465 g/mol. The third-order valence-electron chi connectivity index (χ3n) is 6.25. The molecular formula is C26H32N4O4. The van der Waals surface area contributed by atoms with Crippen molar-refractivity contribution in [2.45, 2.75) is 38.8 Å². The Morgan fingerprint density at radius 2 is 1.88 bits per heavy atom. The zero-order valence-electron chi connectivity index (χ0n) is 19.7. The molecule has 0 saturated carbocycles. The van der Waals surface area contributed by atoms with E-state index in [4.69, 9.17) is 14.9 Å². The van der Waals surface area contributed by atoms with Gasteiger partial charge < -0.3 is 25.0 Å². The number of fused-ring (bicyclic) bond motifs is 1. The van der Waals surface area contributed by atoms with Gasteiger partial charge in [0.15, 0.2) is 0 Å². The number of amidine groups is 1. The van der Waals surface area contributed by atoms with E-state index in [0.717, 1.165) is 29.8 Å². The molecule has 8 nitrogen and oxygen atoms in total. The van der Waals surface area contributed by atoms with Crippen LogP contribution in [0, 0.1) is 5.41 Å². The van der Waals surface area contributed by atoms with E-state index in [1.807, 2.05) is 36.1 Å². The summed E-state index contributed by atoms with van der Waals surface area (Å²) in [7, 11) is 0. The van der Waals surface area contributed by atoms with Crippen LogP contribution < -0.4 is 10.6 Å². The van der Waals surface area contributed by atoms with Crippen LogP contribution >= 0.6 is 0 Å². The molecule has 3 N–H and O–H groups in total. The molecule has 2 aromatic carbocycles. The van der Waals surface area contributed by atoms with Gasteiger partial charge in [-0.2, -0.15) is 0 Å². The maximum Gasteiger partial charge on any atom is 0.302 e. The third-order valence-corrected chi connectivity index (χ3v) is 6.25. The quantitative estimate of drug-likeness (QED) is 0.345. The predicted octanol–water partition coefficient (Wildman–Crippen LogP) is 3.12. The molecule has 2 heterocycles. The first kappa shape index (κ1) is 23.9. The summed E-state index contributed by atoms with van der Waals surface area (Å²) in [4.78, 5) is 26.1. The van der Waals surface area contributed by atoms with E-state index in [2.05, 4.69) is 16.7 Å². The summed E-state index contributed by atoms with van der Waals surface area (Å²) in [6.45, 7) is 6.84. The van der Waals surface area contributed by atoms with Crippen molar-refractivity contribution in [2.24, 2.45) is 0 Å². The molecule has 0 radical (unpaired) electrons. The first-order valence-electron chi connectivity index (χ1n) is 11.8. The molecule has 2 aliphatic heterocycles. The number of nitrogens with one attached hydrogen (secondary N) is 3. The second-order valence-corrected chi connectivity index (χ2v) is 8.81. The Balaban J connectivity index is 1.42. The van der Waals surface area contributed by atoms with Crippen molar-refractivity contribution in [3.05, 3.63) is 64.7 Å². The molecule has 0 aromatic heterocycles. The zero-order valence-corrected chi connectivity index (χ0v) is 19.7. The molecule has 0 bridgehead atoms. The highest BCUT2D eigenvalue weighted by atomic mass is 16.5. The third kappa shape index (κ3) is 5.81. The Hall–Kier alpha value is -3.23. The SMILES string of the molecule is CC(=O)OC(C)CC1NCCc2ccc(NC(=O)c3ccc(C(=N)N4CCOCC4)cc3)cc21. The van der Waals surface area contributed by atoms with E-state index < -0.39 is 0 Å². The van der Waals surface area contributed by atoms with Gasteiger partial charge >= 0.3 is 5.97 Å². The number of amides is 1. The van der Waals surface area contributed by atoms with Crippen molar-refractivity contribution in [1.29, 1.82) is 5.41 Å². The molecule has 2 aromatic rings. The molecule has 0 aliphatic carbocycles. The van der Waals surface area contributed by atoms with E-state index in [0.29, 0.717) is 44.1 Å². The summed E-state index contributed by atoms with van der Waals surface area (Å²) in [6.07, 6.45) is 1.38. The molecule has 2 atom stereocenters. The van der Waals surface area contributed by atoms with Crippen LogP contribution in [0.2, 0.25) is 0 Å². The lowest BCUT2D eigenvalue weighted by Gasteiger charge is -2.29.